The third-order valence-electron chi connectivity index (χ3n) is 13.7. The van der Waals surface area contributed by atoms with E-state index in [0.717, 1.165) is 60.6 Å². The highest BCUT2D eigenvalue weighted by Crippen LogP contribution is 2.52. The van der Waals surface area contributed by atoms with Crippen molar-refractivity contribution in [3.8, 4) is 33.6 Å². The van der Waals surface area contributed by atoms with E-state index in [9.17, 15) is 0 Å². The smallest absolute Gasteiger partial charge is 0.136 e. The van der Waals surface area contributed by atoms with Gasteiger partial charge in [0.1, 0.15) is 22.3 Å². The van der Waals surface area contributed by atoms with Crippen LogP contribution in [0, 0.1) is 0 Å². The van der Waals surface area contributed by atoms with Gasteiger partial charge >= 0.3 is 0 Å². The number of furan rings is 2. The molecule has 1 aliphatic carbocycles. The van der Waals surface area contributed by atoms with E-state index in [1.54, 1.807) is 0 Å². The van der Waals surface area contributed by atoms with E-state index in [0.29, 0.717) is 0 Å². The Labute approximate surface area is 350 Å². The van der Waals surface area contributed by atoms with Crippen molar-refractivity contribution in [1.29, 1.82) is 0 Å². The van der Waals surface area contributed by atoms with E-state index in [1.165, 1.54) is 71.6 Å². The summed E-state index contributed by atoms with van der Waals surface area (Å²) in [5.74, 6) is 0. The molecule has 286 valence electrons. The lowest BCUT2D eigenvalue weighted by Crippen LogP contribution is -2.14. The number of aromatic nitrogens is 2. The van der Waals surface area contributed by atoms with Gasteiger partial charge in [-0.3, -0.25) is 0 Å². The van der Waals surface area contributed by atoms with E-state index < -0.39 is 0 Å². The fourth-order valence-corrected chi connectivity index (χ4v) is 11.0. The van der Waals surface area contributed by atoms with Crippen LogP contribution in [0.1, 0.15) is 25.0 Å². The summed E-state index contributed by atoms with van der Waals surface area (Å²) in [6.45, 7) is 4.71. The molecular weight excluding hydrogens is 745 g/mol. The van der Waals surface area contributed by atoms with Gasteiger partial charge in [0.15, 0.2) is 0 Å². The van der Waals surface area contributed by atoms with Crippen molar-refractivity contribution in [2.45, 2.75) is 19.3 Å². The first-order valence-electron chi connectivity index (χ1n) is 21.1. The third kappa shape index (κ3) is 4.33. The second kappa shape index (κ2) is 11.7. The zero-order chi connectivity index (χ0) is 40.1. The fourth-order valence-electron chi connectivity index (χ4n) is 11.0. The van der Waals surface area contributed by atoms with E-state index in [-0.39, 0.29) is 5.41 Å². The van der Waals surface area contributed by atoms with Gasteiger partial charge in [0.2, 0.25) is 0 Å². The summed E-state index contributed by atoms with van der Waals surface area (Å²) in [6.07, 6.45) is 0. The Balaban J connectivity index is 0.971. The summed E-state index contributed by atoms with van der Waals surface area (Å²) in [4.78, 5) is 0. The average Bonchev–Trinajstić information content (AvgIpc) is 4.08. The molecule has 0 unspecified atom stereocenters. The summed E-state index contributed by atoms with van der Waals surface area (Å²) >= 11 is 0. The minimum absolute atomic E-state index is 0.0774. The van der Waals surface area contributed by atoms with Gasteiger partial charge in [0.05, 0.1) is 27.8 Å². The molecule has 4 heterocycles. The van der Waals surface area contributed by atoms with Crippen molar-refractivity contribution in [2.24, 2.45) is 0 Å². The number of hydrogen-bond acceptors (Lipinski definition) is 2. The maximum absolute atomic E-state index is 6.49. The SMILES string of the molecule is CC1(C)c2ccccc2-c2c(-n3c4ccccc4c4cc(-c5cccc6c5c5ccccc5n6-c5ccc6oc7cc8c(cc7c6c5)oc5ccccc58)ccc43)cccc21. The van der Waals surface area contributed by atoms with Crippen LogP contribution < -0.4 is 0 Å². The maximum Gasteiger partial charge on any atom is 0.136 e. The van der Waals surface area contributed by atoms with Crippen LogP contribution >= 0.6 is 0 Å². The lowest BCUT2D eigenvalue weighted by Gasteiger charge is -2.21. The first-order chi connectivity index (χ1) is 30.0. The molecule has 0 fully saturated rings. The first-order valence-corrected chi connectivity index (χ1v) is 21.1. The number of hydrogen-bond donors (Lipinski definition) is 0. The van der Waals surface area contributed by atoms with Crippen molar-refractivity contribution < 1.29 is 8.83 Å². The predicted octanol–water partition coefficient (Wildman–Crippen LogP) is 15.7. The topological polar surface area (TPSA) is 36.1 Å². The van der Waals surface area contributed by atoms with Crippen LogP contribution in [0.25, 0.3) is 121 Å². The Morgan fingerprint density at radius 2 is 0.984 bits per heavy atom. The molecule has 9 aromatic carbocycles. The minimum Gasteiger partial charge on any atom is -0.456 e. The predicted molar refractivity (Wildman–Crippen MR) is 253 cm³/mol. The van der Waals surface area contributed by atoms with Gasteiger partial charge in [-0.2, -0.15) is 0 Å². The van der Waals surface area contributed by atoms with Gasteiger partial charge in [-0.15, -0.1) is 0 Å². The Morgan fingerprint density at radius 1 is 0.377 bits per heavy atom. The molecule has 1 aliphatic rings. The number of para-hydroxylation sites is 3. The molecule has 0 saturated heterocycles. The number of benzene rings is 9. The molecule has 4 nitrogen and oxygen atoms in total. The normalized spacial score (nSPS) is 13.5. The Kier molecular flexibility index (Phi) is 6.33. The molecule has 0 spiro atoms. The Bertz CT molecular complexity index is 4040. The summed E-state index contributed by atoms with van der Waals surface area (Å²) in [7, 11) is 0. The lowest BCUT2D eigenvalue weighted by molar-refractivity contribution is 0.660. The standard InChI is InChI=1S/C57H36N2O2/c1-57(2)44-18-7-3-15-38(44)56-45(57)19-12-23-50(56)59-46-20-8-4-13-36(46)40-29-33(25-27-48(40)59)35-17-11-22-49-55(35)39-16-5-9-21-47(39)58(49)34-26-28-52-41(30-34)43-32-53-42(31-54(43)61-52)37-14-6-10-24-51(37)60-53/h3-32H,1-2H3. The second-order valence-electron chi connectivity index (χ2n) is 17.2. The molecule has 0 atom stereocenters. The van der Waals surface area contributed by atoms with E-state index in [1.807, 2.05) is 12.1 Å². The molecule has 4 heteroatoms. The quantitative estimate of drug-likeness (QED) is 0.179. The molecule has 0 amide bonds. The molecule has 4 aromatic heterocycles. The molecule has 61 heavy (non-hydrogen) atoms. The van der Waals surface area contributed by atoms with E-state index >= 15 is 0 Å². The van der Waals surface area contributed by atoms with Gasteiger partial charge < -0.3 is 18.0 Å². The monoisotopic (exact) mass is 780 g/mol. The fraction of sp³-hybridized carbons (Fsp3) is 0.0526. The number of fused-ring (bicyclic) bond motifs is 15. The van der Waals surface area contributed by atoms with Crippen LogP contribution in [0.15, 0.2) is 191 Å². The molecule has 0 aliphatic heterocycles. The summed E-state index contributed by atoms with van der Waals surface area (Å²) in [5, 5.41) is 9.23. The third-order valence-corrected chi connectivity index (χ3v) is 13.7. The van der Waals surface area contributed by atoms with Gasteiger partial charge in [0, 0.05) is 59.8 Å². The van der Waals surface area contributed by atoms with Gasteiger partial charge in [0.25, 0.3) is 0 Å². The molecule has 14 rings (SSSR count). The van der Waals surface area contributed by atoms with Crippen molar-refractivity contribution in [3.63, 3.8) is 0 Å². The highest BCUT2D eigenvalue weighted by atomic mass is 16.3. The second-order valence-corrected chi connectivity index (χ2v) is 17.2. The van der Waals surface area contributed by atoms with Crippen LogP contribution in [-0.4, -0.2) is 9.13 Å². The van der Waals surface area contributed by atoms with Crippen molar-refractivity contribution in [3.05, 3.63) is 193 Å². The van der Waals surface area contributed by atoms with Crippen LogP contribution in [-0.2, 0) is 5.41 Å². The summed E-state index contributed by atoms with van der Waals surface area (Å²) in [6, 6.07) is 66.3. The number of rotatable bonds is 3. The first kappa shape index (κ1) is 33.1. The van der Waals surface area contributed by atoms with Crippen LogP contribution in [0.4, 0.5) is 0 Å². The Morgan fingerprint density at radius 3 is 1.84 bits per heavy atom. The summed E-state index contributed by atoms with van der Waals surface area (Å²) in [5.41, 5.74) is 18.3. The maximum atomic E-state index is 6.49. The van der Waals surface area contributed by atoms with Crippen LogP contribution in [0.2, 0.25) is 0 Å². The van der Waals surface area contributed by atoms with Crippen LogP contribution in [0.3, 0.4) is 0 Å². The largest absolute Gasteiger partial charge is 0.456 e. The zero-order valence-electron chi connectivity index (χ0n) is 33.5. The molecule has 0 N–H and O–H groups in total. The Hall–Kier alpha value is -7.82. The minimum atomic E-state index is -0.0774. The molecule has 13 aromatic rings. The highest BCUT2D eigenvalue weighted by molar-refractivity contribution is 6.19. The molecular formula is C57H36N2O2. The highest BCUT2D eigenvalue weighted by Gasteiger charge is 2.37. The zero-order valence-corrected chi connectivity index (χ0v) is 33.5. The van der Waals surface area contributed by atoms with Gasteiger partial charge in [-0.05, 0) is 101 Å². The number of nitrogens with zero attached hydrogens (tertiary/aromatic N) is 2. The average molecular weight is 781 g/mol. The molecule has 0 saturated carbocycles. The van der Waals surface area contributed by atoms with Gasteiger partial charge in [-0.1, -0.05) is 123 Å². The van der Waals surface area contributed by atoms with Crippen molar-refractivity contribution in [2.75, 3.05) is 0 Å². The van der Waals surface area contributed by atoms with Gasteiger partial charge in [-0.25, -0.2) is 0 Å². The van der Waals surface area contributed by atoms with Crippen molar-refractivity contribution >= 4 is 87.5 Å². The van der Waals surface area contributed by atoms with E-state index in [2.05, 4.69) is 193 Å². The van der Waals surface area contributed by atoms with Crippen molar-refractivity contribution in [1.82, 2.24) is 9.13 Å². The molecule has 0 bridgehead atoms. The lowest BCUT2D eigenvalue weighted by atomic mass is 9.82. The summed E-state index contributed by atoms with van der Waals surface area (Å²) < 4.78 is 17.7. The van der Waals surface area contributed by atoms with Crippen LogP contribution in [0.5, 0.6) is 0 Å². The molecule has 0 radical (unpaired) electrons. The van der Waals surface area contributed by atoms with E-state index in [4.69, 9.17) is 8.83 Å².